The van der Waals surface area contributed by atoms with E-state index < -0.39 is 6.43 Å². The number of aryl methyl sites for hydroxylation is 2. The maximum absolute atomic E-state index is 13.3. The van der Waals surface area contributed by atoms with Crippen LogP contribution in [0.3, 0.4) is 0 Å². The highest BCUT2D eigenvalue weighted by Gasteiger charge is 2.17. The van der Waals surface area contributed by atoms with Crippen LogP contribution < -0.4 is 0 Å². The maximum Gasteiger partial charge on any atom is 0.295 e. The summed E-state index contributed by atoms with van der Waals surface area (Å²) in [4.78, 5) is 3.85. The second-order valence-electron chi connectivity index (χ2n) is 6.24. The standard InChI is InChI=1S/C11H9F2N3.C10H9FN2/c1-2-16-9-4-3-7(6-14)5-8(9)15-11(16)10(12)13;1-8-3-4-9(11)10(7-8)13-6-2-5-12-13/h3-5,10H,2H2,1H3;2-7H,1H3. The predicted molar refractivity (Wildman–Crippen MR) is 103 cm³/mol. The molecule has 0 unspecified atom stereocenters. The van der Waals surface area contributed by atoms with Crippen molar-refractivity contribution in [3.05, 3.63) is 77.6 Å². The highest BCUT2D eigenvalue weighted by atomic mass is 19.3. The third kappa shape index (κ3) is 4.29. The molecule has 29 heavy (non-hydrogen) atoms. The molecule has 5 nitrogen and oxygen atoms in total. The zero-order chi connectivity index (χ0) is 21.0. The number of benzene rings is 2. The first kappa shape index (κ1) is 20.1. The number of nitriles is 1. The summed E-state index contributed by atoms with van der Waals surface area (Å²) in [5.41, 5.74) is 3.01. The van der Waals surface area contributed by atoms with Gasteiger partial charge < -0.3 is 4.57 Å². The van der Waals surface area contributed by atoms with Crippen LogP contribution in [0, 0.1) is 24.1 Å². The average molecular weight is 397 g/mol. The number of alkyl halides is 2. The summed E-state index contributed by atoms with van der Waals surface area (Å²) < 4.78 is 41.6. The van der Waals surface area contributed by atoms with Crippen molar-refractivity contribution in [2.45, 2.75) is 26.8 Å². The van der Waals surface area contributed by atoms with Crippen molar-refractivity contribution in [2.75, 3.05) is 0 Å². The van der Waals surface area contributed by atoms with Gasteiger partial charge in [-0.15, -0.1) is 0 Å². The topological polar surface area (TPSA) is 59.4 Å². The summed E-state index contributed by atoms with van der Waals surface area (Å²) in [7, 11) is 0. The first-order valence-corrected chi connectivity index (χ1v) is 8.89. The lowest BCUT2D eigenvalue weighted by Gasteiger charge is -2.03. The van der Waals surface area contributed by atoms with Crippen LogP contribution in [0.15, 0.2) is 54.9 Å². The summed E-state index contributed by atoms with van der Waals surface area (Å²) in [5.74, 6) is -0.498. The Labute approximate surface area is 165 Å². The number of hydrogen-bond acceptors (Lipinski definition) is 3. The molecule has 0 saturated carbocycles. The van der Waals surface area contributed by atoms with Gasteiger partial charge in [0.05, 0.1) is 22.7 Å². The molecule has 2 aromatic carbocycles. The van der Waals surface area contributed by atoms with E-state index in [1.54, 1.807) is 49.6 Å². The molecule has 0 N–H and O–H groups in total. The normalized spacial score (nSPS) is 10.7. The fourth-order valence-electron chi connectivity index (χ4n) is 2.93. The summed E-state index contributed by atoms with van der Waals surface area (Å²) in [5, 5.41) is 12.7. The van der Waals surface area contributed by atoms with Crippen molar-refractivity contribution in [3.8, 4) is 11.8 Å². The van der Waals surface area contributed by atoms with Gasteiger partial charge in [0.1, 0.15) is 11.5 Å². The smallest absolute Gasteiger partial charge is 0.295 e. The zero-order valence-corrected chi connectivity index (χ0v) is 15.9. The first-order chi connectivity index (χ1) is 13.9. The van der Waals surface area contributed by atoms with Crippen molar-refractivity contribution in [1.82, 2.24) is 19.3 Å². The molecule has 0 aliphatic heterocycles. The molecule has 2 aromatic heterocycles. The minimum Gasteiger partial charge on any atom is -0.323 e. The van der Waals surface area contributed by atoms with Crippen molar-refractivity contribution in [1.29, 1.82) is 5.26 Å². The van der Waals surface area contributed by atoms with Gasteiger partial charge in [-0.2, -0.15) is 10.4 Å². The van der Waals surface area contributed by atoms with Gasteiger partial charge in [-0.3, -0.25) is 0 Å². The van der Waals surface area contributed by atoms with Gasteiger partial charge in [0, 0.05) is 18.9 Å². The summed E-state index contributed by atoms with van der Waals surface area (Å²) in [6.45, 7) is 4.14. The Hall–Kier alpha value is -3.60. The molecule has 0 fully saturated rings. The highest BCUT2D eigenvalue weighted by molar-refractivity contribution is 5.77. The Morgan fingerprint density at radius 2 is 1.97 bits per heavy atom. The third-order valence-electron chi connectivity index (χ3n) is 4.27. The van der Waals surface area contributed by atoms with Crippen LogP contribution in [0.2, 0.25) is 0 Å². The average Bonchev–Trinajstić information content (AvgIpc) is 3.37. The molecule has 4 aromatic rings. The molecule has 0 aliphatic carbocycles. The molecule has 2 heterocycles. The summed E-state index contributed by atoms with van der Waals surface area (Å²) >= 11 is 0. The lowest BCUT2D eigenvalue weighted by atomic mass is 10.2. The lowest BCUT2D eigenvalue weighted by Crippen LogP contribution is -2.01. The van der Waals surface area contributed by atoms with E-state index in [0.717, 1.165) is 5.56 Å². The van der Waals surface area contributed by atoms with Crippen LogP contribution in [0.5, 0.6) is 0 Å². The molecule has 148 valence electrons. The van der Waals surface area contributed by atoms with Crippen LogP contribution >= 0.6 is 0 Å². The number of nitrogens with zero attached hydrogens (tertiary/aromatic N) is 5. The molecule has 0 radical (unpaired) electrons. The lowest BCUT2D eigenvalue weighted by molar-refractivity contribution is 0.136. The largest absolute Gasteiger partial charge is 0.323 e. The van der Waals surface area contributed by atoms with Gasteiger partial charge in [0.2, 0.25) is 0 Å². The molecular formula is C21H18F3N5. The summed E-state index contributed by atoms with van der Waals surface area (Å²) in [6.07, 6.45) is 0.748. The maximum atomic E-state index is 13.3. The van der Waals surface area contributed by atoms with Crippen LogP contribution in [0.4, 0.5) is 13.2 Å². The molecule has 0 atom stereocenters. The highest BCUT2D eigenvalue weighted by Crippen LogP contribution is 2.24. The van der Waals surface area contributed by atoms with Gasteiger partial charge in [0.15, 0.2) is 5.82 Å². The minimum absolute atomic E-state index is 0.243. The van der Waals surface area contributed by atoms with Gasteiger partial charge in [-0.25, -0.2) is 22.8 Å². The Balaban J connectivity index is 0.000000169. The molecule has 0 aliphatic rings. The number of halogens is 3. The molecule has 0 amide bonds. The van der Waals surface area contributed by atoms with E-state index in [1.165, 1.54) is 21.4 Å². The van der Waals surface area contributed by atoms with Crippen LogP contribution in [-0.2, 0) is 6.54 Å². The SMILES string of the molecule is CCn1c(C(F)F)nc2cc(C#N)ccc21.Cc1ccc(F)c(-n2cccn2)c1. The zero-order valence-electron chi connectivity index (χ0n) is 15.9. The second kappa shape index (κ2) is 8.61. The van der Waals surface area contributed by atoms with Gasteiger partial charge in [-0.05, 0) is 55.8 Å². The van der Waals surface area contributed by atoms with Crippen LogP contribution in [0.1, 0.15) is 30.3 Å². The fraction of sp³-hybridized carbons (Fsp3) is 0.190. The van der Waals surface area contributed by atoms with E-state index >= 15 is 0 Å². The number of imidazole rings is 1. The van der Waals surface area contributed by atoms with Crippen molar-refractivity contribution in [2.24, 2.45) is 0 Å². The minimum atomic E-state index is -2.60. The number of aromatic nitrogens is 4. The van der Waals surface area contributed by atoms with Crippen LogP contribution in [0.25, 0.3) is 16.7 Å². The van der Waals surface area contributed by atoms with Crippen LogP contribution in [-0.4, -0.2) is 19.3 Å². The van der Waals surface area contributed by atoms with E-state index in [9.17, 15) is 13.2 Å². The van der Waals surface area contributed by atoms with E-state index in [-0.39, 0.29) is 11.6 Å². The van der Waals surface area contributed by atoms with E-state index in [2.05, 4.69) is 10.1 Å². The number of rotatable bonds is 3. The first-order valence-electron chi connectivity index (χ1n) is 8.89. The third-order valence-corrected chi connectivity index (χ3v) is 4.27. The molecular weight excluding hydrogens is 379 g/mol. The number of hydrogen-bond donors (Lipinski definition) is 0. The van der Waals surface area contributed by atoms with Crippen molar-refractivity contribution < 1.29 is 13.2 Å². The Morgan fingerprint density at radius 1 is 1.17 bits per heavy atom. The van der Waals surface area contributed by atoms with Gasteiger partial charge in [-0.1, -0.05) is 6.07 Å². The fourth-order valence-corrected chi connectivity index (χ4v) is 2.93. The van der Waals surface area contributed by atoms with Crippen molar-refractivity contribution in [3.63, 3.8) is 0 Å². The van der Waals surface area contributed by atoms with Crippen molar-refractivity contribution >= 4 is 11.0 Å². The second-order valence-corrected chi connectivity index (χ2v) is 6.24. The van der Waals surface area contributed by atoms with E-state index in [4.69, 9.17) is 5.26 Å². The predicted octanol–water partition coefficient (Wildman–Crippen LogP) is 5.19. The summed E-state index contributed by atoms with van der Waals surface area (Å²) in [6, 6.07) is 13.5. The molecule has 0 bridgehead atoms. The van der Waals surface area contributed by atoms with E-state index in [0.29, 0.717) is 28.8 Å². The van der Waals surface area contributed by atoms with E-state index in [1.807, 2.05) is 13.0 Å². The molecule has 0 spiro atoms. The molecule has 8 heteroatoms. The Morgan fingerprint density at radius 3 is 2.59 bits per heavy atom. The number of fused-ring (bicyclic) bond motifs is 1. The quantitative estimate of drug-likeness (QED) is 0.478. The Bertz CT molecular complexity index is 1160. The molecule has 0 saturated heterocycles. The van der Waals surface area contributed by atoms with Gasteiger partial charge in [0.25, 0.3) is 6.43 Å². The molecule has 4 rings (SSSR count). The monoisotopic (exact) mass is 397 g/mol. The van der Waals surface area contributed by atoms with Gasteiger partial charge >= 0.3 is 0 Å². The Kier molecular flexibility index (Phi) is 5.98.